The van der Waals surface area contributed by atoms with Gasteiger partial charge in [0.1, 0.15) is 0 Å². The van der Waals surface area contributed by atoms with Crippen molar-refractivity contribution in [1.29, 1.82) is 0 Å². The predicted octanol–water partition coefficient (Wildman–Crippen LogP) is 2.29. The van der Waals surface area contributed by atoms with E-state index in [9.17, 15) is 22.0 Å². The molecule has 13 heavy (non-hydrogen) atoms. The average molecular weight is 441 g/mol. The number of hydrogen-bond acceptors (Lipinski definition) is 1. The zero-order valence-electron chi connectivity index (χ0n) is 7.15. The van der Waals surface area contributed by atoms with Crippen molar-refractivity contribution in [3.05, 3.63) is 0 Å². The summed E-state index contributed by atoms with van der Waals surface area (Å²) in [6.07, 6.45) is -5.22. The van der Waals surface area contributed by atoms with Crippen molar-refractivity contribution in [3.63, 3.8) is 0 Å². The van der Waals surface area contributed by atoms with Crippen LogP contribution in [0.15, 0.2) is 0 Å². The summed E-state index contributed by atoms with van der Waals surface area (Å²) in [6, 6.07) is -3.16. The van der Waals surface area contributed by atoms with Crippen LogP contribution in [0.5, 0.6) is 0 Å². The molecule has 0 aliphatic rings. The van der Waals surface area contributed by atoms with Gasteiger partial charge in [0.25, 0.3) is 0 Å². The Labute approximate surface area is 67.9 Å². The van der Waals surface area contributed by atoms with E-state index in [4.69, 9.17) is 0 Å². The molecular formula is C6H9CfF5N. The van der Waals surface area contributed by atoms with Crippen molar-refractivity contribution < 1.29 is 22.0 Å². The molecule has 0 aliphatic carbocycles. The second kappa shape index (κ2) is 3.08. The topological polar surface area (TPSA) is 3.24 Å². The molecule has 0 fully saturated rings. The molecule has 0 aromatic carbocycles. The molecule has 1 nitrogen and oxygen atoms in total. The summed E-state index contributed by atoms with van der Waals surface area (Å²) in [5, 5.41) is 0.491. The Morgan fingerprint density at radius 3 is 1.77 bits per heavy atom. The molecule has 0 N–H and O–H groups in total. The van der Waals surface area contributed by atoms with Crippen LogP contribution in [0.3, 0.4) is 0 Å². The molecule has 0 heterocycles. The molecule has 0 bridgehead atoms. The normalized spacial score (nSPS) is 14.7. The fraction of sp³-hybridized carbons (Fsp3) is 0.833. The molecule has 0 radical (unpaired) electrons. The molecule has 0 aromatic rings. The van der Waals surface area contributed by atoms with E-state index < -0.39 is 18.6 Å². The average Bonchev–Trinajstić information content (AvgIpc) is 1.82. The monoisotopic (exact) mass is 439 g/mol. The third-order valence-corrected chi connectivity index (χ3v) is 4.65. The molecule has 0 unspecified atom stereocenters. The first-order chi connectivity index (χ1) is 5.55. The van der Waals surface area contributed by atoms with Crippen LogP contribution < -0.4 is 0 Å². The summed E-state index contributed by atoms with van der Waals surface area (Å²) in [4.78, 5) is 0. The summed E-state index contributed by atoms with van der Waals surface area (Å²) >= 11 is 0. The first-order valence-corrected chi connectivity index (χ1v) is 5.66. The Morgan fingerprint density at radius 1 is 1.15 bits per heavy atom. The summed E-state index contributed by atoms with van der Waals surface area (Å²) in [6.45, 7) is 1.45. The molecule has 0 saturated heterocycles. The van der Waals surface area contributed by atoms with Gasteiger partial charge in [-0.25, -0.2) is 0 Å². The Balaban J connectivity index is 4.59. The van der Waals surface area contributed by atoms with Gasteiger partial charge >= 0.3 is 66.8 Å². The van der Waals surface area contributed by atoms with E-state index in [1.54, 1.807) is 0 Å². The van der Waals surface area contributed by atoms with Crippen LogP contribution in [0.4, 0.5) is 22.0 Å². The van der Waals surface area contributed by atoms with Crippen molar-refractivity contribution in [3.8, 4) is 0 Å². The van der Waals surface area contributed by atoms with Crippen LogP contribution in [-0.2, 0) is 0 Å². The predicted molar refractivity (Wildman–Crippen MR) is 35.1 cm³/mol. The van der Waals surface area contributed by atoms with Gasteiger partial charge < -0.3 is 0 Å². The molecule has 0 atom stereocenters. The number of hydrogen-bond donors (Lipinski definition) is 0. The third kappa shape index (κ3) is 3.59. The second-order valence-corrected chi connectivity index (χ2v) is 6.66. The number of halogens is 5. The summed E-state index contributed by atoms with van der Waals surface area (Å²) in [5.74, 6) is 0. The zero-order chi connectivity index (χ0) is 10.9. The van der Waals surface area contributed by atoms with Gasteiger partial charge in [0.2, 0.25) is 0 Å². The van der Waals surface area contributed by atoms with Gasteiger partial charge in [-0.15, -0.1) is 0 Å². The molecule has 83 valence electrons. The van der Waals surface area contributed by atoms with Gasteiger partial charge in [-0.1, -0.05) is 0 Å². The molecular weight excluding hydrogens is 432 g/mol. The Morgan fingerprint density at radius 2 is 1.54 bits per heavy atom. The maximum absolute atomic E-state index is 12.4. The first kappa shape index (κ1) is 11.5. The van der Waals surface area contributed by atoms with E-state index in [0.717, 1.165) is 14.0 Å². The fourth-order valence-electron chi connectivity index (χ4n) is 0.261. The van der Waals surface area contributed by atoms with E-state index in [2.05, 4.69) is 0 Å². The van der Waals surface area contributed by atoms with Crippen LogP contribution in [0.25, 0.3) is 0 Å². The Bertz CT molecular complexity index is 204. The minimum absolute atomic E-state index is 0.491. The van der Waals surface area contributed by atoms with Crippen molar-refractivity contribution in [2.24, 2.45) is 0 Å². The van der Waals surface area contributed by atoms with Crippen LogP contribution in [0.2, 0.25) is 0 Å². The Hall–Kier alpha value is -1.52. The quantitative estimate of drug-likeness (QED) is 0.470. The van der Waals surface area contributed by atoms with Crippen LogP contribution in [0.1, 0.15) is 13.8 Å². The Kier molecular flexibility index (Phi) is 2.72. The maximum atomic E-state index is 12.4. The summed E-state index contributed by atoms with van der Waals surface area (Å²) < 4.78 is 58.5. The number of alkyl halides is 5. The number of nitrogens with zero attached hydrogens (tertiary/aromatic N) is 1. The van der Waals surface area contributed by atoms with Gasteiger partial charge in [-0.3, -0.25) is 0 Å². The van der Waals surface area contributed by atoms with Crippen LogP contribution in [-0.4, -0.2) is 31.0 Å². The van der Waals surface area contributed by atoms with Crippen molar-refractivity contribution in [2.45, 2.75) is 26.1 Å². The minimum atomic E-state index is -4.43. The second-order valence-electron chi connectivity index (χ2n) is 2.33. The summed E-state index contributed by atoms with van der Waals surface area (Å²) in [5.41, 5.74) is 0. The SMILES string of the molecule is C[C](=[Cf][N](C)C(C)(F)F)C(F)(F)F. The van der Waals surface area contributed by atoms with E-state index >= 15 is 0 Å². The van der Waals surface area contributed by atoms with Gasteiger partial charge in [0.05, 0.1) is 0 Å². The molecule has 0 aliphatic heterocycles. The van der Waals surface area contributed by atoms with Gasteiger partial charge in [0, 0.05) is 0 Å². The van der Waals surface area contributed by atoms with E-state index in [-0.39, 0.29) is 0 Å². The molecule has 0 rings (SSSR count). The third-order valence-electron chi connectivity index (χ3n) is 1.10. The van der Waals surface area contributed by atoms with Crippen molar-refractivity contribution in [1.82, 2.24) is 5.32 Å². The molecule has 0 spiro atoms. The standard InChI is InChI=1S/C3H3F3.C3H6F2N.Cf/c1-2-3(4,5)6;1-3(4,5)6-2;/h1H3;1-2H3;/q;-1;+1. The molecule has 0 aromatic heterocycles. The van der Waals surface area contributed by atoms with Crippen molar-refractivity contribution in [2.75, 3.05) is 7.05 Å². The first-order valence-electron chi connectivity index (χ1n) is 3.17. The van der Waals surface area contributed by atoms with Crippen LogP contribution >= 0.6 is 0 Å². The molecule has 7 heteroatoms. The van der Waals surface area contributed by atoms with E-state index in [0.29, 0.717) is 12.2 Å². The van der Waals surface area contributed by atoms with Crippen molar-refractivity contribution >= 4 is 6.42 Å². The fourth-order valence-corrected chi connectivity index (χ4v) is 2.44. The van der Waals surface area contributed by atoms with E-state index in [1.165, 1.54) is 0 Å². The molecule has 0 amide bonds. The van der Waals surface area contributed by atoms with Crippen LogP contribution in [0, 0.1) is 0 Å². The van der Waals surface area contributed by atoms with Gasteiger partial charge in [-0.05, 0) is 0 Å². The van der Waals surface area contributed by atoms with Gasteiger partial charge in [0.15, 0.2) is 0 Å². The number of rotatable bonds is 2. The van der Waals surface area contributed by atoms with E-state index in [1.807, 2.05) is 0 Å². The van der Waals surface area contributed by atoms with Gasteiger partial charge in [-0.2, -0.15) is 0 Å². The zero-order valence-corrected chi connectivity index (χ0v) is 9.79. The molecule has 0 saturated carbocycles. The summed E-state index contributed by atoms with van der Waals surface area (Å²) in [7, 11) is 1.01.